The molecular weight excluding hydrogens is 274 g/mol. The van der Waals surface area contributed by atoms with Crippen LogP contribution in [0.25, 0.3) is 11.0 Å². The Bertz CT molecular complexity index is 806. The lowest BCUT2D eigenvalue weighted by Gasteiger charge is -2.08. The number of carbonyl (C=O) groups is 1. The third-order valence-corrected chi connectivity index (χ3v) is 3.22. The number of carbonyl (C=O) groups excluding carboxylic acids is 1. The van der Waals surface area contributed by atoms with Gasteiger partial charge in [-0.1, -0.05) is 0 Å². The Balaban J connectivity index is 2.50. The minimum atomic E-state index is -0.467. The molecule has 2 heterocycles. The van der Waals surface area contributed by atoms with Crippen molar-refractivity contribution in [1.82, 2.24) is 24.8 Å². The van der Waals surface area contributed by atoms with E-state index < -0.39 is 11.2 Å². The van der Waals surface area contributed by atoms with Gasteiger partial charge in [-0.05, 0) is 13.1 Å². The molecule has 21 heavy (non-hydrogen) atoms. The summed E-state index contributed by atoms with van der Waals surface area (Å²) in [6.07, 6.45) is 1.36. The Morgan fingerprint density at radius 2 is 1.95 bits per heavy atom. The van der Waals surface area contributed by atoms with Crippen molar-refractivity contribution >= 4 is 16.9 Å². The number of likely N-dealkylation sites (N-methyl/N-ethyl adjacent to an activating group) is 1. The van der Waals surface area contributed by atoms with Gasteiger partial charge in [-0.3, -0.25) is 18.7 Å². The standard InChI is InChI=1S/C13H17N5O3/c1-14-4-5-15-11(19)8-6-9-10(16-7-8)17(2)13(21)18(3)12(9)20/h6-7,14H,4-5H2,1-3H3,(H,15,19). The van der Waals surface area contributed by atoms with Crippen LogP contribution in [0, 0.1) is 0 Å². The van der Waals surface area contributed by atoms with Gasteiger partial charge in [0.1, 0.15) is 5.65 Å². The number of aryl methyl sites for hydroxylation is 1. The first-order chi connectivity index (χ1) is 9.97. The van der Waals surface area contributed by atoms with Gasteiger partial charge in [-0.15, -0.1) is 0 Å². The first kappa shape index (κ1) is 14.9. The van der Waals surface area contributed by atoms with E-state index in [2.05, 4.69) is 15.6 Å². The van der Waals surface area contributed by atoms with E-state index in [0.717, 1.165) is 4.57 Å². The molecule has 0 radical (unpaired) electrons. The number of hydrogen-bond donors (Lipinski definition) is 2. The van der Waals surface area contributed by atoms with E-state index in [1.54, 1.807) is 7.05 Å². The Morgan fingerprint density at radius 1 is 1.24 bits per heavy atom. The van der Waals surface area contributed by atoms with Gasteiger partial charge in [0, 0.05) is 33.4 Å². The fourth-order valence-electron chi connectivity index (χ4n) is 1.99. The van der Waals surface area contributed by atoms with Gasteiger partial charge in [0.2, 0.25) is 0 Å². The van der Waals surface area contributed by atoms with Crippen LogP contribution in [-0.4, -0.2) is 40.2 Å². The maximum Gasteiger partial charge on any atom is 0.332 e. The summed E-state index contributed by atoms with van der Waals surface area (Å²) in [5.41, 5.74) is -0.374. The van der Waals surface area contributed by atoms with Crippen molar-refractivity contribution in [2.24, 2.45) is 14.1 Å². The van der Waals surface area contributed by atoms with Crippen molar-refractivity contribution in [3.05, 3.63) is 38.7 Å². The normalized spacial score (nSPS) is 10.8. The van der Waals surface area contributed by atoms with Gasteiger partial charge < -0.3 is 10.6 Å². The van der Waals surface area contributed by atoms with E-state index >= 15 is 0 Å². The van der Waals surface area contributed by atoms with Gasteiger partial charge in [-0.2, -0.15) is 0 Å². The highest BCUT2D eigenvalue weighted by Crippen LogP contribution is 2.07. The van der Waals surface area contributed by atoms with Crippen LogP contribution in [0.15, 0.2) is 21.9 Å². The zero-order valence-electron chi connectivity index (χ0n) is 12.1. The Labute approximate surface area is 120 Å². The molecule has 2 N–H and O–H groups in total. The van der Waals surface area contributed by atoms with Crippen LogP contribution in [-0.2, 0) is 14.1 Å². The first-order valence-corrected chi connectivity index (χ1v) is 6.46. The monoisotopic (exact) mass is 291 g/mol. The number of aromatic nitrogens is 3. The van der Waals surface area contributed by atoms with Crippen LogP contribution >= 0.6 is 0 Å². The van der Waals surface area contributed by atoms with Gasteiger partial charge in [-0.25, -0.2) is 9.78 Å². The van der Waals surface area contributed by atoms with Crippen LogP contribution in [0.2, 0.25) is 0 Å². The smallest absolute Gasteiger partial charge is 0.332 e. The molecule has 1 amide bonds. The maximum atomic E-state index is 12.1. The van der Waals surface area contributed by atoms with Gasteiger partial charge in [0.25, 0.3) is 11.5 Å². The SMILES string of the molecule is CNCCNC(=O)c1cnc2c(c1)c(=O)n(C)c(=O)n2C. The third-order valence-electron chi connectivity index (χ3n) is 3.22. The highest BCUT2D eigenvalue weighted by atomic mass is 16.2. The molecule has 0 bridgehead atoms. The highest BCUT2D eigenvalue weighted by Gasteiger charge is 2.13. The topological polar surface area (TPSA) is 98.0 Å². The second-order valence-electron chi connectivity index (χ2n) is 4.66. The largest absolute Gasteiger partial charge is 0.351 e. The quantitative estimate of drug-likeness (QED) is 0.674. The van der Waals surface area contributed by atoms with Crippen LogP contribution in [0.1, 0.15) is 10.4 Å². The van der Waals surface area contributed by atoms with E-state index in [1.807, 2.05) is 0 Å². The van der Waals surface area contributed by atoms with Crippen LogP contribution in [0.3, 0.4) is 0 Å². The summed E-state index contributed by atoms with van der Waals surface area (Å²) >= 11 is 0. The van der Waals surface area contributed by atoms with Crippen LogP contribution in [0.4, 0.5) is 0 Å². The Kier molecular flexibility index (Phi) is 4.18. The number of rotatable bonds is 4. The van der Waals surface area contributed by atoms with Crippen molar-refractivity contribution in [2.45, 2.75) is 0 Å². The molecule has 2 aromatic rings. The molecule has 0 spiro atoms. The first-order valence-electron chi connectivity index (χ1n) is 6.46. The molecule has 0 saturated carbocycles. The molecule has 0 aliphatic heterocycles. The Hall–Kier alpha value is -2.48. The molecule has 0 unspecified atom stereocenters. The molecule has 8 nitrogen and oxygen atoms in total. The predicted molar refractivity (Wildman–Crippen MR) is 78.5 cm³/mol. The van der Waals surface area contributed by atoms with E-state index in [0.29, 0.717) is 13.1 Å². The summed E-state index contributed by atoms with van der Waals surface area (Å²) in [4.78, 5) is 39.9. The number of amides is 1. The van der Waals surface area contributed by atoms with Crippen molar-refractivity contribution in [1.29, 1.82) is 0 Å². The molecule has 0 aliphatic rings. The molecule has 0 aromatic carbocycles. The number of hydrogen-bond acceptors (Lipinski definition) is 5. The van der Waals surface area contributed by atoms with E-state index in [1.165, 1.54) is 30.9 Å². The predicted octanol–water partition coefficient (Wildman–Crippen LogP) is -1.42. The fraction of sp³-hybridized carbons (Fsp3) is 0.385. The zero-order chi connectivity index (χ0) is 15.6. The minimum absolute atomic E-state index is 0.237. The number of pyridine rings is 1. The summed E-state index contributed by atoms with van der Waals surface area (Å²) in [5, 5.41) is 5.86. The van der Waals surface area contributed by atoms with E-state index in [-0.39, 0.29) is 22.5 Å². The average Bonchev–Trinajstić information content (AvgIpc) is 2.50. The molecule has 0 fully saturated rings. The van der Waals surface area contributed by atoms with Crippen molar-refractivity contribution in [3.63, 3.8) is 0 Å². The molecule has 0 atom stereocenters. The number of fused-ring (bicyclic) bond motifs is 1. The molecule has 112 valence electrons. The minimum Gasteiger partial charge on any atom is -0.351 e. The highest BCUT2D eigenvalue weighted by molar-refractivity contribution is 5.96. The molecule has 8 heteroatoms. The van der Waals surface area contributed by atoms with Gasteiger partial charge in [0.15, 0.2) is 0 Å². The van der Waals surface area contributed by atoms with Gasteiger partial charge in [0.05, 0.1) is 10.9 Å². The zero-order valence-corrected chi connectivity index (χ0v) is 12.1. The summed E-state index contributed by atoms with van der Waals surface area (Å²) < 4.78 is 2.27. The van der Waals surface area contributed by atoms with Crippen molar-refractivity contribution in [2.75, 3.05) is 20.1 Å². The van der Waals surface area contributed by atoms with E-state index in [9.17, 15) is 14.4 Å². The molecular formula is C13H17N5O3. The van der Waals surface area contributed by atoms with Crippen molar-refractivity contribution in [3.8, 4) is 0 Å². The fourth-order valence-corrected chi connectivity index (χ4v) is 1.99. The second kappa shape index (κ2) is 5.88. The third kappa shape index (κ3) is 2.70. The lowest BCUT2D eigenvalue weighted by Crippen LogP contribution is -2.37. The summed E-state index contributed by atoms with van der Waals surface area (Å²) in [6, 6.07) is 1.46. The van der Waals surface area contributed by atoms with Crippen molar-refractivity contribution < 1.29 is 4.79 Å². The van der Waals surface area contributed by atoms with Crippen LogP contribution < -0.4 is 21.9 Å². The molecule has 2 aromatic heterocycles. The summed E-state index contributed by atoms with van der Waals surface area (Å²) in [5.74, 6) is -0.310. The summed E-state index contributed by atoms with van der Waals surface area (Å²) in [6.45, 7) is 1.11. The molecule has 0 saturated heterocycles. The lowest BCUT2D eigenvalue weighted by molar-refractivity contribution is 0.0954. The summed E-state index contributed by atoms with van der Waals surface area (Å²) in [7, 11) is 4.71. The lowest BCUT2D eigenvalue weighted by atomic mass is 10.2. The van der Waals surface area contributed by atoms with Crippen LogP contribution in [0.5, 0.6) is 0 Å². The Morgan fingerprint density at radius 3 is 2.62 bits per heavy atom. The maximum absolute atomic E-state index is 12.1. The van der Waals surface area contributed by atoms with E-state index in [4.69, 9.17) is 0 Å². The number of nitrogens with zero attached hydrogens (tertiary/aromatic N) is 3. The molecule has 2 rings (SSSR count). The number of nitrogens with one attached hydrogen (secondary N) is 2. The average molecular weight is 291 g/mol. The van der Waals surface area contributed by atoms with Gasteiger partial charge >= 0.3 is 5.69 Å². The molecule has 0 aliphatic carbocycles. The second-order valence-corrected chi connectivity index (χ2v) is 4.66.